The van der Waals surface area contributed by atoms with Crippen LogP contribution in [-0.2, 0) is 19.6 Å². The number of aliphatic carboxylic acids is 1. The van der Waals surface area contributed by atoms with Crippen molar-refractivity contribution in [2.24, 2.45) is 5.92 Å². The molecule has 1 aromatic rings. The number of carboxylic acid groups (broad SMARTS) is 1. The number of carbonyl (C=O) groups excluding carboxylic acids is 1. The lowest BCUT2D eigenvalue weighted by Crippen LogP contribution is -2.40. The van der Waals surface area contributed by atoms with Gasteiger partial charge in [0.25, 0.3) is 0 Å². The van der Waals surface area contributed by atoms with Crippen molar-refractivity contribution in [2.45, 2.75) is 17.7 Å². The van der Waals surface area contributed by atoms with Gasteiger partial charge in [0.15, 0.2) is 0 Å². The monoisotopic (exact) mass is 357 g/mol. The van der Waals surface area contributed by atoms with Crippen molar-refractivity contribution in [1.82, 2.24) is 4.31 Å². The molecule has 0 saturated carbocycles. The maximum Gasteiger partial charge on any atom is 0.341 e. The molecule has 0 bridgehead atoms. The van der Waals surface area contributed by atoms with Crippen LogP contribution in [0.3, 0.4) is 0 Å². The van der Waals surface area contributed by atoms with Crippen molar-refractivity contribution in [3.8, 4) is 5.75 Å². The Morgan fingerprint density at radius 2 is 1.83 bits per heavy atom. The van der Waals surface area contributed by atoms with Crippen LogP contribution in [0.4, 0.5) is 0 Å². The Labute approximate surface area is 140 Å². The van der Waals surface area contributed by atoms with Crippen LogP contribution >= 0.6 is 0 Å². The fourth-order valence-corrected chi connectivity index (χ4v) is 4.11. The first-order chi connectivity index (χ1) is 11.3. The Kier molecular flexibility index (Phi) is 5.45. The molecule has 1 fully saturated rings. The minimum atomic E-state index is -3.82. The molecular weight excluding hydrogens is 338 g/mol. The fraction of sp³-hybridized carbons (Fsp3) is 0.467. The van der Waals surface area contributed by atoms with E-state index < -0.39 is 27.9 Å². The SMILES string of the molecule is COC(=O)c1cc(S(=O)(=O)N2CCC(C(=O)O)CC2)ccc1OC. The molecule has 1 aromatic carbocycles. The molecule has 0 aromatic heterocycles. The summed E-state index contributed by atoms with van der Waals surface area (Å²) in [4.78, 5) is 22.7. The number of sulfonamides is 1. The summed E-state index contributed by atoms with van der Waals surface area (Å²) in [5.41, 5.74) is 0.0153. The van der Waals surface area contributed by atoms with E-state index in [4.69, 9.17) is 9.84 Å². The molecule has 9 heteroatoms. The molecule has 0 atom stereocenters. The van der Waals surface area contributed by atoms with Gasteiger partial charge in [-0.3, -0.25) is 4.79 Å². The molecule has 1 heterocycles. The highest BCUT2D eigenvalue weighted by Gasteiger charge is 2.32. The average Bonchev–Trinajstić information content (AvgIpc) is 2.60. The van der Waals surface area contributed by atoms with Crippen molar-refractivity contribution in [2.75, 3.05) is 27.3 Å². The highest BCUT2D eigenvalue weighted by atomic mass is 32.2. The smallest absolute Gasteiger partial charge is 0.341 e. The number of methoxy groups -OCH3 is 2. The van der Waals surface area contributed by atoms with Gasteiger partial charge in [-0.25, -0.2) is 13.2 Å². The third-order valence-electron chi connectivity index (χ3n) is 4.02. The molecule has 0 amide bonds. The van der Waals surface area contributed by atoms with Crippen LogP contribution in [0.25, 0.3) is 0 Å². The summed E-state index contributed by atoms with van der Waals surface area (Å²) in [7, 11) is -1.26. The number of nitrogens with zero attached hydrogens (tertiary/aromatic N) is 1. The van der Waals surface area contributed by atoms with E-state index in [1.54, 1.807) is 0 Å². The molecule has 24 heavy (non-hydrogen) atoms. The molecule has 132 valence electrons. The molecule has 1 N–H and O–H groups in total. The van der Waals surface area contributed by atoms with Crippen LogP contribution in [0.15, 0.2) is 23.1 Å². The molecule has 1 saturated heterocycles. The Bertz CT molecular complexity index is 736. The standard InChI is InChI=1S/C15H19NO7S/c1-22-13-4-3-11(9-12(13)15(19)23-2)24(20,21)16-7-5-10(6-8-16)14(17)18/h3-4,9-10H,5-8H2,1-2H3,(H,17,18). The zero-order chi connectivity index (χ0) is 17.9. The molecule has 0 spiro atoms. The van der Waals surface area contributed by atoms with E-state index in [2.05, 4.69) is 4.74 Å². The van der Waals surface area contributed by atoms with Crippen LogP contribution in [0.2, 0.25) is 0 Å². The van der Waals surface area contributed by atoms with Crippen LogP contribution in [0.5, 0.6) is 5.75 Å². The molecule has 1 aliphatic rings. The van der Waals surface area contributed by atoms with Gasteiger partial charge < -0.3 is 14.6 Å². The molecule has 0 radical (unpaired) electrons. The number of rotatable bonds is 5. The number of hydrogen-bond acceptors (Lipinski definition) is 6. The maximum atomic E-state index is 12.7. The summed E-state index contributed by atoms with van der Waals surface area (Å²) < 4.78 is 36.3. The lowest BCUT2D eigenvalue weighted by molar-refractivity contribution is -0.142. The Hall–Kier alpha value is -2.13. The summed E-state index contributed by atoms with van der Waals surface area (Å²) in [6.45, 7) is 0.248. The number of piperidine rings is 1. The van der Waals surface area contributed by atoms with Gasteiger partial charge in [0, 0.05) is 13.1 Å². The fourth-order valence-electron chi connectivity index (χ4n) is 2.61. The van der Waals surface area contributed by atoms with Gasteiger partial charge in [0.2, 0.25) is 10.0 Å². The third-order valence-corrected chi connectivity index (χ3v) is 5.91. The van der Waals surface area contributed by atoms with Gasteiger partial charge in [-0.1, -0.05) is 0 Å². The second-order valence-corrected chi connectivity index (χ2v) is 7.31. The van der Waals surface area contributed by atoms with Gasteiger partial charge in [0.1, 0.15) is 11.3 Å². The van der Waals surface area contributed by atoms with Crippen molar-refractivity contribution < 1.29 is 32.6 Å². The van der Waals surface area contributed by atoms with Crippen molar-refractivity contribution in [3.05, 3.63) is 23.8 Å². The maximum absolute atomic E-state index is 12.7. The Morgan fingerprint density at radius 3 is 2.33 bits per heavy atom. The number of hydrogen-bond donors (Lipinski definition) is 1. The average molecular weight is 357 g/mol. The van der Waals surface area contributed by atoms with Crippen LogP contribution in [-0.4, -0.2) is 57.1 Å². The predicted molar refractivity (Wildman–Crippen MR) is 83.5 cm³/mol. The molecule has 8 nitrogen and oxygen atoms in total. The first kappa shape index (κ1) is 18.2. The number of esters is 1. The summed E-state index contributed by atoms with van der Waals surface area (Å²) in [5.74, 6) is -1.93. The first-order valence-corrected chi connectivity index (χ1v) is 8.74. The van der Waals surface area contributed by atoms with E-state index in [0.29, 0.717) is 0 Å². The van der Waals surface area contributed by atoms with Crippen molar-refractivity contribution in [3.63, 3.8) is 0 Å². The van der Waals surface area contributed by atoms with E-state index in [1.807, 2.05) is 0 Å². The first-order valence-electron chi connectivity index (χ1n) is 7.30. The molecule has 2 rings (SSSR count). The lowest BCUT2D eigenvalue weighted by atomic mass is 9.99. The van der Waals surface area contributed by atoms with Gasteiger partial charge in [-0.05, 0) is 31.0 Å². The minimum absolute atomic E-state index is 0.0153. The number of ether oxygens (including phenoxy) is 2. The van der Waals surface area contributed by atoms with Gasteiger partial charge in [-0.2, -0.15) is 4.31 Å². The van der Waals surface area contributed by atoms with Gasteiger partial charge in [-0.15, -0.1) is 0 Å². The highest BCUT2D eigenvalue weighted by molar-refractivity contribution is 7.89. The van der Waals surface area contributed by atoms with E-state index >= 15 is 0 Å². The second kappa shape index (κ2) is 7.18. The highest BCUT2D eigenvalue weighted by Crippen LogP contribution is 2.28. The van der Waals surface area contributed by atoms with Crippen LogP contribution in [0, 0.1) is 5.92 Å². The second-order valence-electron chi connectivity index (χ2n) is 5.37. The van der Waals surface area contributed by atoms with E-state index in [1.165, 1.54) is 36.7 Å². The topological polar surface area (TPSA) is 110 Å². The normalized spacial score (nSPS) is 16.6. The lowest BCUT2D eigenvalue weighted by Gasteiger charge is -2.29. The Morgan fingerprint density at radius 1 is 1.21 bits per heavy atom. The molecule has 0 unspecified atom stereocenters. The number of carboxylic acids is 1. The molecular formula is C15H19NO7S. The summed E-state index contributed by atoms with van der Waals surface area (Å²) in [6.07, 6.45) is 0.517. The summed E-state index contributed by atoms with van der Waals surface area (Å²) in [5, 5.41) is 8.99. The predicted octanol–water partition coefficient (Wildman–Crippen LogP) is 0.967. The van der Waals surface area contributed by atoms with Crippen LogP contribution in [0.1, 0.15) is 23.2 Å². The minimum Gasteiger partial charge on any atom is -0.496 e. The largest absolute Gasteiger partial charge is 0.496 e. The van der Waals surface area contributed by atoms with Crippen molar-refractivity contribution in [1.29, 1.82) is 0 Å². The van der Waals surface area contributed by atoms with Gasteiger partial charge in [0.05, 0.1) is 25.0 Å². The van der Waals surface area contributed by atoms with Crippen LogP contribution < -0.4 is 4.74 Å². The van der Waals surface area contributed by atoms with Gasteiger partial charge >= 0.3 is 11.9 Å². The Balaban J connectivity index is 2.30. The number of carbonyl (C=O) groups is 2. The summed E-state index contributed by atoms with van der Waals surface area (Å²) in [6, 6.07) is 3.95. The molecule has 1 aliphatic heterocycles. The van der Waals surface area contributed by atoms with E-state index in [0.717, 1.165) is 0 Å². The number of benzene rings is 1. The van der Waals surface area contributed by atoms with E-state index in [-0.39, 0.29) is 42.1 Å². The van der Waals surface area contributed by atoms with Crippen molar-refractivity contribution >= 4 is 22.0 Å². The zero-order valence-electron chi connectivity index (χ0n) is 13.4. The summed E-state index contributed by atoms with van der Waals surface area (Å²) >= 11 is 0. The zero-order valence-corrected chi connectivity index (χ0v) is 14.2. The third kappa shape index (κ3) is 3.51. The van der Waals surface area contributed by atoms with E-state index in [9.17, 15) is 18.0 Å². The quantitative estimate of drug-likeness (QED) is 0.782. The molecule has 0 aliphatic carbocycles.